The lowest BCUT2D eigenvalue weighted by Crippen LogP contribution is -2.61. The molecule has 0 radical (unpaired) electrons. The zero-order valence-electron chi connectivity index (χ0n) is 15.8. The largest absolute Gasteiger partial charge is 0.381 e. The molecule has 4 N–H and O–H groups in total. The topological polar surface area (TPSA) is 111 Å². The van der Waals surface area contributed by atoms with Crippen LogP contribution in [-0.4, -0.2) is 77.9 Å². The van der Waals surface area contributed by atoms with Crippen molar-refractivity contribution in [3.05, 3.63) is 35.4 Å². The van der Waals surface area contributed by atoms with Gasteiger partial charge in [-0.3, -0.25) is 19.7 Å². The van der Waals surface area contributed by atoms with Crippen LogP contribution in [0.5, 0.6) is 0 Å². The van der Waals surface area contributed by atoms with Gasteiger partial charge in [0.25, 0.3) is 18.2 Å². The third-order valence-corrected chi connectivity index (χ3v) is 4.46. The van der Waals surface area contributed by atoms with Crippen LogP contribution in [0.25, 0.3) is 0 Å². The molecule has 8 nitrogen and oxygen atoms in total. The number of aliphatic hydroxyl groups is 1. The van der Waals surface area contributed by atoms with E-state index in [1.165, 1.54) is 17.6 Å². The number of morpholine rings is 1. The molecule has 2 amide bonds. The van der Waals surface area contributed by atoms with Gasteiger partial charge < -0.3 is 15.2 Å². The highest BCUT2D eigenvalue weighted by molar-refractivity contribution is 5.97. The normalized spacial score (nSPS) is 17.6. The summed E-state index contributed by atoms with van der Waals surface area (Å²) in [5, 5.41) is 20.6. The number of carbonyl (C=O) groups is 2. The van der Waals surface area contributed by atoms with Crippen LogP contribution >= 0.6 is 0 Å². The minimum absolute atomic E-state index is 0.0736. The summed E-state index contributed by atoms with van der Waals surface area (Å²) in [7, 11) is 0. The molecule has 158 valence electrons. The van der Waals surface area contributed by atoms with Crippen LogP contribution in [0.2, 0.25) is 0 Å². The van der Waals surface area contributed by atoms with Crippen molar-refractivity contribution in [2.45, 2.75) is 25.0 Å². The number of halogens is 2. The maximum Gasteiger partial charge on any atom is 0.269 e. The molecule has 0 aliphatic carbocycles. The molecule has 2 rings (SSSR count). The van der Waals surface area contributed by atoms with Crippen LogP contribution in [0.1, 0.15) is 22.8 Å². The predicted molar refractivity (Wildman–Crippen MR) is 98.4 cm³/mol. The Hall–Kier alpha value is -2.58. The first-order valence-electron chi connectivity index (χ1n) is 8.90. The molecule has 0 saturated carbocycles. The Kier molecular flexibility index (Phi) is 8.04. The highest BCUT2D eigenvalue weighted by atomic mass is 19.3. The first-order valence-corrected chi connectivity index (χ1v) is 8.90. The average molecular weight is 411 g/mol. The van der Waals surface area contributed by atoms with Gasteiger partial charge in [-0.1, -0.05) is 11.8 Å². The van der Waals surface area contributed by atoms with Gasteiger partial charge in [-0.25, -0.2) is 14.3 Å². The number of rotatable bonds is 6. The van der Waals surface area contributed by atoms with Crippen molar-refractivity contribution in [3.63, 3.8) is 0 Å². The van der Waals surface area contributed by atoms with E-state index in [9.17, 15) is 23.5 Å². The summed E-state index contributed by atoms with van der Waals surface area (Å²) in [6.45, 7) is 4.27. The highest BCUT2D eigenvalue weighted by Gasteiger charge is 2.46. The monoisotopic (exact) mass is 411 g/mol. The minimum atomic E-state index is -3.34. The lowest BCUT2D eigenvalue weighted by molar-refractivity contribution is -0.149. The predicted octanol–water partition coefficient (Wildman–Crippen LogP) is -0.00980. The lowest BCUT2D eigenvalue weighted by Gasteiger charge is -2.30. The smallest absolute Gasteiger partial charge is 0.269 e. The molecule has 0 spiro atoms. The molecule has 1 fully saturated rings. The van der Waals surface area contributed by atoms with Crippen molar-refractivity contribution in [2.75, 3.05) is 32.8 Å². The summed E-state index contributed by atoms with van der Waals surface area (Å²) in [6.07, 6.45) is -3.34. The number of hydroxylamine groups is 1. The van der Waals surface area contributed by atoms with Crippen LogP contribution in [0, 0.1) is 11.8 Å². The average Bonchev–Trinajstić information content (AvgIpc) is 2.72. The quantitative estimate of drug-likeness (QED) is 0.298. The van der Waals surface area contributed by atoms with Gasteiger partial charge in [0, 0.05) is 24.2 Å². The maximum absolute atomic E-state index is 13.0. The van der Waals surface area contributed by atoms with Crippen molar-refractivity contribution in [3.8, 4) is 11.8 Å². The van der Waals surface area contributed by atoms with Gasteiger partial charge in [-0.2, -0.15) is 0 Å². The highest BCUT2D eigenvalue weighted by Crippen LogP contribution is 2.20. The van der Waals surface area contributed by atoms with Gasteiger partial charge in [-0.05, 0) is 31.2 Å². The Morgan fingerprint density at radius 1 is 1.28 bits per heavy atom. The van der Waals surface area contributed by atoms with Crippen molar-refractivity contribution < 1.29 is 33.4 Å². The number of benzene rings is 1. The fourth-order valence-corrected chi connectivity index (χ4v) is 2.60. The van der Waals surface area contributed by atoms with E-state index in [2.05, 4.69) is 16.7 Å². The van der Waals surface area contributed by atoms with E-state index in [0.29, 0.717) is 32.2 Å². The van der Waals surface area contributed by atoms with E-state index >= 15 is 0 Å². The van der Waals surface area contributed by atoms with E-state index in [1.54, 1.807) is 12.1 Å². The third kappa shape index (κ3) is 6.20. The number of nitrogens with zero attached hydrogens (tertiary/aromatic N) is 1. The van der Waals surface area contributed by atoms with Crippen molar-refractivity contribution in [1.29, 1.82) is 0 Å². The van der Waals surface area contributed by atoms with Gasteiger partial charge in [0.1, 0.15) is 6.04 Å². The Labute approximate surface area is 166 Å². The molecule has 1 heterocycles. The molecule has 1 aliphatic rings. The molecular weight excluding hydrogens is 388 g/mol. The number of hydrogen-bond acceptors (Lipinski definition) is 6. The molecule has 0 aromatic heterocycles. The molecule has 1 saturated heterocycles. The number of alkyl halides is 2. The second-order valence-electron chi connectivity index (χ2n) is 6.68. The van der Waals surface area contributed by atoms with Crippen molar-refractivity contribution in [2.24, 2.45) is 0 Å². The van der Waals surface area contributed by atoms with E-state index in [-0.39, 0.29) is 5.56 Å². The summed E-state index contributed by atoms with van der Waals surface area (Å²) in [4.78, 5) is 26.1. The molecule has 0 bridgehead atoms. The van der Waals surface area contributed by atoms with Gasteiger partial charge in [0.2, 0.25) is 0 Å². The SMILES string of the molecule is CC(O)(C(F)F)C(NC(=O)c1ccc(C#CCN2CCOCC2)cc1)C(=O)NO. The number of carbonyl (C=O) groups excluding carboxylic acids is 2. The van der Waals surface area contributed by atoms with Crippen LogP contribution in [0.3, 0.4) is 0 Å². The third-order valence-electron chi connectivity index (χ3n) is 4.46. The second-order valence-corrected chi connectivity index (χ2v) is 6.68. The molecule has 2 unspecified atom stereocenters. The Morgan fingerprint density at radius 2 is 1.90 bits per heavy atom. The molecule has 29 heavy (non-hydrogen) atoms. The van der Waals surface area contributed by atoms with Gasteiger partial charge in [0.05, 0.1) is 19.8 Å². The Morgan fingerprint density at radius 3 is 2.45 bits per heavy atom. The van der Waals surface area contributed by atoms with Crippen molar-refractivity contribution in [1.82, 2.24) is 15.7 Å². The van der Waals surface area contributed by atoms with Gasteiger partial charge >= 0.3 is 0 Å². The van der Waals surface area contributed by atoms with Gasteiger partial charge in [-0.15, -0.1) is 0 Å². The minimum Gasteiger partial charge on any atom is -0.381 e. The van der Waals surface area contributed by atoms with Gasteiger partial charge in [0.15, 0.2) is 5.60 Å². The van der Waals surface area contributed by atoms with E-state index in [0.717, 1.165) is 13.1 Å². The molecule has 1 aromatic carbocycles. The maximum atomic E-state index is 13.0. The summed E-state index contributed by atoms with van der Waals surface area (Å²) >= 11 is 0. The fourth-order valence-electron chi connectivity index (χ4n) is 2.60. The fraction of sp³-hybridized carbons (Fsp3) is 0.474. The second kappa shape index (κ2) is 10.3. The number of nitrogens with one attached hydrogen (secondary N) is 2. The number of hydrogen-bond donors (Lipinski definition) is 4. The Balaban J connectivity index is 2.02. The van der Waals surface area contributed by atoms with E-state index in [1.807, 2.05) is 5.32 Å². The summed E-state index contributed by atoms with van der Waals surface area (Å²) in [5.74, 6) is 3.76. The molecule has 1 aromatic rings. The summed E-state index contributed by atoms with van der Waals surface area (Å²) in [5.41, 5.74) is -0.991. The zero-order chi connectivity index (χ0) is 21.4. The van der Waals surface area contributed by atoms with E-state index < -0.39 is 29.9 Å². The van der Waals surface area contributed by atoms with Crippen LogP contribution < -0.4 is 10.8 Å². The van der Waals surface area contributed by atoms with Crippen LogP contribution in [0.4, 0.5) is 8.78 Å². The molecular formula is C19H23F2N3O5. The number of amides is 2. The zero-order valence-corrected chi connectivity index (χ0v) is 15.8. The lowest BCUT2D eigenvalue weighted by atomic mass is 9.95. The summed E-state index contributed by atoms with van der Waals surface area (Å²) in [6, 6.07) is 3.92. The molecule has 1 aliphatic heterocycles. The molecule has 10 heteroatoms. The van der Waals surface area contributed by atoms with Crippen molar-refractivity contribution >= 4 is 11.8 Å². The first-order chi connectivity index (χ1) is 13.8. The van der Waals surface area contributed by atoms with Crippen LogP contribution in [-0.2, 0) is 9.53 Å². The molecule has 2 atom stereocenters. The van der Waals surface area contributed by atoms with Crippen LogP contribution in [0.15, 0.2) is 24.3 Å². The standard InChI is InChI=1S/C19H23F2N3O5/c1-19(27,18(20)21)15(17(26)23-28)22-16(25)14-6-4-13(5-7-14)3-2-8-24-9-11-29-12-10-24/h4-7,15,18,27-28H,8-12H2,1H3,(H,22,25)(H,23,26). The first kappa shape index (κ1) is 22.7. The summed E-state index contributed by atoms with van der Waals surface area (Å²) < 4.78 is 31.3. The number of ether oxygens (including phenoxy) is 1. The Bertz CT molecular complexity index is 768. The van der Waals surface area contributed by atoms with E-state index in [4.69, 9.17) is 9.94 Å².